The van der Waals surface area contributed by atoms with Gasteiger partial charge in [0.15, 0.2) is 11.8 Å². The number of hydrogen-bond donors (Lipinski definition) is 5. The fourth-order valence-electron chi connectivity index (χ4n) is 7.09. The Morgan fingerprint density at radius 1 is 0.739 bits per heavy atom. The number of ether oxygens (including phenoxy) is 4. The van der Waals surface area contributed by atoms with Gasteiger partial charge < -0.3 is 53.7 Å². The number of fused-ring (bicyclic) bond motifs is 2. The van der Waals surface area contributed by atoms with Gasteiger partial charge in [-0.15, -0.1) is 0 Å². The summed E-state index contributed by atoms with van der Waals surface area (Å²) in [5.74, 6) is -2.28. The van der Waals surface area contributed by atoms with Crippen molar-refractivity contribution in [3.8, 4) is 11.5 Å². The van der Waals surface area contributed by atoms with Crippen LogP contribution >= 0.6 is 0 Å². The molecule has 23 heteroatoms. The number of alkyl carbamates (subject to hydrolysis) is 1. The lowest BCUT2D eigenvalue weighted by Gasteiger charge is -2.21. The zero-order chi connectivity index (χ0) is 50.3. The minimum atomic E-state index is -0.995. The van der Waals surface area contributed by atoms with Crippen LogP contribution in [0.25, 0.3) is 22.1 Å². The van der Waals surface area contributed by atoms with Crippen LogP contribution in [-0.4, -0.2) is 96.7 Å². The van der Waals surface area contributed by atoms with E-state index in [2.05, 4.69) is 35.9 Å². The van der Waals surface area contributed by atoms with Crippen molar-refractivity contribution in [2.24, 2.45) is 11.5 Å². The molecule has 0 unspecified atom stereocenters. The van der Waals surface area contributed by atoms with Crippen molar-refractivity contribution >= 4 is 69.7 Å². The number of anilines is 2. The second-order valence-electron chi connectivity index (χ2n) is 16.6. The molecule has 0 saturated carbocycles. The van der Waals surface area contributed by atoms with Crippen LogP contribution in [0.3, 0.4) is 0 Å². The predicted octanol–water partition coefficient (Wildman–Crippen LogP) is 5.30. The Morgan fingerprint density at radius 2 is 1.22 bits per heavy atom. The molecule has 1 atom stereocenters. The van der Waals surface area contributed by atoms with Crippen LogP contribution in [-0.2, 0) is 40.2 Å². The molecule has 0 aliphatic heterocycles. The number of oxazole rings is 2. The molecule has 69 heavy (non-hydrogen) atoms. The maximum atomic E-state index is 13.8. The van der Waals surface area contributed by atoms with E-state index in [1.165, 1.54) is 38.3 Å². The van der Waals surface area contributed by atoms with E-state index in [-0.39, 0.29) is 84.3 Å². The number of amides is 5. The minimum Gasteiger partial charge on any atom is -0.494 e. The number of aryl methyl sites for hydroxylation is 4. The maximum Gasteiger partial charge on any atom is 0.408 e. The van der Waals surface area contributed by atoms with Gasteiger partial charge in [-0.05, 0) is 64.8 Å². The number of allylic oxidation sites excluding steroid dienone is 2. The average molecular weight is 954 g/mol. The first-order valence-corrected chi connectivity index (χ1v) is 21.9. The van der Waals surface area contributed by atoms with Crippen LogP contribution in [0, 0.1) is 13.8 Å². The molecular weight excluding hydrogens is 899 g/mol. The highest BCUT2D eigenvalue weighted by Crippen LogP contribution is 2.33. The standard InChI is InChI=1S/C46H55N11O12/c1-10-28-36(67-24(4)50-28)40(60)54-43-52-30-19-26(38(47)58)21-32(64-9)34(30)56(43)15-12-13-16-57-35-31(53-44(57)55-41(61)37-29(11-2)51-25(5)68-37)20-27(39(48)59)22-33(35)65-17-14-18-66-42(62)23(3)49-45(63)69-46(6,7)8/h12-13,19-23H,10-11,14-18H2,1-9H3,(H2,47,58)(H2,48,59)(H,49,63)(H,52,54,60)(H,53,55,61)/b13-12+/t23-/m1/s1. The Hall–Kier alpha value is -8.24. The van der Waals surface area contributed by atoms with E-state index in [0.717, 1.165) is 0 Å². The molecule has 0 radical (unpaired) electrons. The first-order chi connectivity index (χ1) is 32.7. The average Bonchev–Trinajstić information content (AvgIpc) is 4.05. The van der Waals surface area contributed by atoms with Crippen LogP contribution in [0.4, 0.5) is 16.7 Å². The van der Waals surface area contributed by atoms with Crippen LogP contribution < -0.4 is 36.9 Å². The lowest BCUT2D eigenvalue weighted by Crippen LogP contribution is -2.42. The molecule has 366 valence electrons. The van der Waals surface area contributed by atoms with Crippen LogP contribution in [0.1, 0.15) is 113 Å². The molecule has 0 bridgehead atoms. The van der Waals surface area contributed by atoms with E-state index < -0.39 is 47.3 Å². The van der Waals surface area contributed by atoms with Gasteiger partial charge in [0, 0.05) is 44.5 Å². The molecule has 6 aromatic rings. The summed E-state index contributed by atoms with van der Waals surface area (Å²) in [7, 11) is 1.42. The number of carbonyl (C=O) groups excluding carboxylic acids is 6. The molecule has 0 saturated heterocycles. The molecule has 0 aliphatic rings. The third-order valence-electron chi connectivity index (χ3n) is 10.2. The first-order valence-electron chi connectivity index (χ1n) is 21.9. The third-order valence-corrected chi connectivity index (χ3v) is 10.2. The van der Waals surface area contributed by atoms with E-state index in [1.807, 2.05) is 13.8 Å². The van der Waals surface area contributed by atoms with Crippen LogP contribution in [0.15, 0.2) is 45.3 Å². The van der Waals surface area contributed by atoms with E-state index in [4.69, 9.17) is 39.2 Å². The number of nitrogens with one attached hydrogen (secondary N) is 3. The fraction of sp³-hybridized carbons (Fsp3) is 0.391. The van der Waals surface area contributed by atoms with Gasteiger partial charge >= 0.3 is 12.1 Å². The second-order valence-corrected chi connectivity index (χ2v) is 16.6. The first kappa shape index (κ1) is 50.2. The summed E-state index contributed by atoms with van der Waals surface area (Å²) in [5, 5.41) is 8.06. The summed E-state index contributed by atoms with van der Waals surface area (Å²) in [6.07, 6.45) is 3.76. The normalized spacial score (nSPS) is 12.0. The number of rotatable bonds is 20. The van der Waals surface area contributed by atoms with E-state index in [1.54, 1.807) is 55.9 Å². The minimum absolute atomic E-state index is 0.00911. The van der Waals surface area contributed by atoms with Gasteiger partial charge in [-0.25, -0.2) is 29.5 Å². The molecule has 7 N–H and O–H groups in total. The van der Waals surface area contributed by atoms with E-state index in [0.29, 0.717) is 52.6 Å². The summed E-state index contributed by atoms with van der Waals surface area (Å²) < 4.78 is 37.0. The summed E-state index contributed by atoms with van der Waals surface area (Å²) in [6, 6.07) is 4.84. The maximum absolute atomic E-state index is 13.8. The second kappa shape index (κ2) is 21.2. The summed E-state index contributed by atoms with van der Waals surface area (Å²) in [4.78, 5) is 95.0. The molecule has 0 fully saturated rings. The molecular formula is C46H55N11O12. The largest absolute Gasteiger partial charge is 0.494 e. The monoisotopic (exact) mass is 953 g/mol. The Bertz CT molecular complexity index is 2970. The molecule has 0 aliphatic carbocycles. The fourth-order valence-corrected chi connectivity index (χ4v) is 7.09. The van der Waals surface area contributed by atoms with E-state index in [9.17, 15) is 28.8 Å². The number of methoxy groups -OCH3 is 1. The highest BCUT2D eigenvalue weighted by atomic mass is 16.6. The van der Waals surface area contributed by atoms with Crippen LogP contribution in [0.2, 0.25) is 0 Å². The van der Waals surface area contributed by atoms with Crippen molar-refractivity contribution in [1.29, 1.82) is 0 Å². The van der Waals surface area contributed by atoms with Gasteiger partial charge in [0.1, 0.15) is 34.2 Å². The number of aromatic nitrogens is 6. The number of esters is 1. The van der Waals surface area contributed by atoms with Gasteiger partial charge in [-0.1, -0.05) is 26.0 Å². The third kappa shape index (κ3) is 11.8. The molecule has 5 amide bonds. The zero-order valence-corrected chi connectivity index (χ0v) is 39.7. The Morgan fingerprint density at radius 3 is 1.67 bits per heavy atom. The van der Waals surface area contributed by atoms with Gasteiger partial charge in [0.25, 0.3) is 11.8 Å². The van der Waals surface area contributed by atoms with Crippen molar-refractivity contribution in [2.75, 3.05) is 31.0 Å². The molecule has 6 rings (SSSR count). The van der Waals surface area contributed by atoms with Gasteiger partial charge in [-0.2, -0.15) is 0 Å². The molecule has 2 aromatic carbocycles. The number of imidazole rings is 2. The summed E-state index contributed by atoms with van der Waals surface area (Å²) in [6.45, 7) is 13.5. The van der Waals surface area contributed by atoms with Crippen molar-refractivity contribution in [1.82, 2.24) is 34.4 Å². The number of nitrogens with zero attached hydrogens (tertiary/aromatic N) is 6. The number of primary amides is 2. The number of nitrogens with two attached hydrogens (primary N) is 2. The van der Waals surface area contributed by atoms with Gasteiger partial charge in [0.2, 0.25) is 35.2 Å². The number of carbonyl (C=O) groups is 6. The SMILES string of the molecule is CCc1nc(C)oc1C(=O)Nc1nc2cc(C(N)=O)cc(OC)c2n1C/C=C/Cn1c(NC(=O)c2oc(C)nc2CC)nc2cc(C(N)=O)cc(OCCCOC(=O)[C@@H](C)NC(=O)OC(C)(C)C)c21. The number of hydrogen-bond acceptors (Lipinski definition) is 16. The van der Waals surface area contributed by atoms with Crippen molar-refractivity contribution in [3.63, 3.8) is 0 Å². The highest BCUT2D eigenvalue weighted by molar-refractivity contribution is 6.05. The summed E-state index contributed by atoms with van der Waals surface area (Å²) >= 11 is 0. The quantitative estimate of drug-likeness (QED) is 0.0368. The van der Waals surface area contributed by atoms with Gasteiger partial charge in [-0.3, -0.25) is 29.8 Å². The van der Waals surface area contributed by atoms with E-state index >= 15 is 0 Å². The predicted molar refractivity (Wildman–Crippen MR) is 249 cm³/mol. The zero-order valence-electron chi connectivity index (χ0n) is 39.7. The molecule has 4 heterocycles. The summed E-state index contributed by atoms with van der Waals surface area (Å²) in [5.41, 5.74) is 13.0. The van der Waals surface area contributed by atoms with Crippen molar-refractivity contribution in [3.05, 3.63) is 82.2 Å². The molecule has 4 aromatic heterocycles. The van der Waals surface area contributed by atoms with Gasteiger partial charge in [0.05, 0.1) is 42.7 Å². The topological polar surface area (TPSA) is 315 Å². The highest BCUT2D eigenvalue weighted by Gasteiger charge is 2.26. The smallest absolute Gasteiger partial charge is 0.408 e. The lowest BCUT2D eigenvalue weighted by molar-refractivity contribution is -0.145. The molecule has 23 nitrogen and oxygen atoms in total. The molecule has 0 spiro atoms. The van der Waals surface area contributed by atoms with Crippen LogP contribution in [0.5, 0.6) is 11.5 Å². The number of benzene rings is 2. The Balaban J connectivity index is 1.33. The van der Waals surface area contributed by atoms with Crippen molar-refractivity contribution in [2.45, 2.75) is 99.4 Å². The Labute approximate surface area is 395 Å². The Kier molecular flexibility index (Phi) is 15.4. The van der Waals surface area contributed by atoms with Crippen molar-refractivity contribution < 1.29 is 56.5 Å². The lowest BCUT2D eigenvalue weighted by atomic mass is 10.1.